The van der Waals surface area contributed by atoms with Crippen molar-refractivity contribution in [2.45, 2.75) is 32.9 Å². The zero-order valence-corrected chi connectivity index (χ0v) is 13.5. The van der Waals surface area contributed by atoms with Gasteiger partial charge in [0, 0.05) is 11.1 Å². The monoisotopic (exact) mass is 328 g/mol. The van der Waals surface area contributed by atoms with Crippen molar-refractivity contribution in [3.8, 4) is 5.75 Å². The number of aromatic nitrogens is 3. The molecule has 0 saturated heterocycles. The van der Waals surface area contributed by atoms with Gasteiger partial charge >= 0.3 is 0 Å². The van der Waals surface area contributed by atoms with Gasteiger partial charge in [0.2, 0.25) is 0 Å². The molecule has 114 valence electrons. The van der Waals surface area contributed by atoms with Crippen LogP contribution in [0.15, 0.2) is 18.5 Å². The van der Waals surface area contributed by atoms with Gasteiger partial charge in [0.05, 0.1) is 5.02 Å². The molecule has 0 aliphatic heterocycles. The van der Waals surface area contributed by atoms with E-state index < -0.39 is 0 Å². The van der Waals surface area contributed by atoms with Crippen LogP contribution < -0.4 is 10.5 Å². The van der Waals surface area contributed by atoms with E-state index in [0.717, 1.165) is 11.4 Å². The molecule has 0 aliphatic carbocycles. The summed E-state index contributed by atoms with van der Waals surface area (Å²) in [6, 6.07) is 3.70. The first-order valence-electron chi connectivity index (χ1n) is 6.72. The van der Waals surface area contributed by atoms with Gasteiger partial charge in [-0.1, -0.05) is 23.2 Å². The molecule has 0 unspecified atom stereocenters. The second kappa shape index (κ2) is 7.11. The van der Waals surface area contributed by atoms with E-state index in [0.29, 0.717) is 28.8 Å². The highest BCUT2D eigenvalue weighted by molar-refractivity contribution is 6.35. The molecule has 0 saturated carbocycles. The van der Waals surface area contributed by atoms with Crippen LogP contribution in [-0.4, -0.2) is 21.3 Å². The molecule has 0 fully saturated rings. The van der Waals surface area contributed by atoms with Gasteiger partial charge in [-0.2, -0.15) is 5.10 Å². The van der Waals surface area contributed by atoms with E-state index >= 15 is 0 Å². The number of hydrogen-bond acceptors (Lipinski definition) is 4. The van der Waals surface area contributed by atoms with E-state index in [4.69, 9.17) is 33.7 Å². The largest absolute Gasteiger partial charge is 0.484 e. The lowest BCUT2D eigenvalue weighted by molar-refractivity contribution is 0.280. The molecule has 0 aliphatic rings. The Labute approximate surface area is 134 Å². The Morgan fingerprint density at radius 3 is 2.76 bits per heavy atom. The Bertz CT molecular complexity index is 613. The Morgan fingerprint density at radius 2 is 2.10 bits per heavy atom. The number of hydrogen-bond donors (Lipinski definition) is 1. The van der Waals surface area contributed by atoms with E-state index in [-0.39, 0.29) is 12.6 Å². The van der Waals surface area contributed by atoms with E-state index in [2.05, 4.69) is 10.1 Å². The summed E-state index contributed by atoms with van der Waals surface area (Å²) < 4.78 is 7.65. The minimum atomic E-state index is 0.218. The minimum absolute atomic E-state index is 0.218. The highest BCUT2D eigenvalue weighted by atomic mass is 35.5. The van der Waals surface area contributed by atoms with Crippen molar-refractivity contribution < 1.29 is 4.74 Å². The van der Waals surface area contributed by atoms with Crippen LogP contribution in [-0.2, 0) is 13.0 Å². The van der Waals surface area contributed by atoms with Crippen LogP contribution in [0.4, 0.5) is 0 Å². The molecule has 1 aromatic heterocycles. The van der Waals surface area contributed by atoms with Crippen molar-refractivity contribution in [2.24, 2.45) is 5.73 Å². The highest BCUT2D eigenvalue weighted by Crippen LogP contribution is 2.33. The highest BCUT2D eigenvalue weighted by Gasteiger charge is 2.13. The van der Waals surface area contributed by atoms with Crippen molar-refractivity contribution in [3.05, 3.63) is 39.9 Å². The molecule has 1 heterocycles. The van der Waals surface area contributed by atoms with E-state index in [9.17, 15) is 0 Å². The van der Waals surface area contributed by atoms with E-state index in [1.807, 2.05) is 24.6 Å². The van der Waals surface area contributed by atoms with Crippen molar-refractivity contribution >= 4 is 23.2 Å². The zero-order chi connectivity index (χ0) is 15.4. The fourth-order valence-corrected chi connectivity index (χ4v) is 2.65. The summed E-state index contributed by atoms with van der Waals surface area (Å²) in [4.78, 5) is 4.21. The molecule has 0 bridgehead atoms. The van der Waals surface area contributed by atoms with Gasteiger partial charge in [-0.05, 0) is 44.5 Å². The lowest BCUT2D eigenvalue weighted by atomic mass is 10.1. The second-order valence-corrected chi connectivity index (χ2v) is 5.76. The Balaban J connectivity index is 2.21. The molecular formula is C14H18Cl2N4O. The number of nitrogens with two attached hydrogens (primary N) is 1. The summed E-state index contributed by atoms with van der Waals surface area (Å²) in [5.41, 5.74) is 6.51. The molecule has 0 radical (unpaired) electrons. The normalized spacial score (nSPS) is 11.1. The lowest BCUT2D eigenvalue weighted by Crippen LogP contribution is -2.12. The van der Waals surface area contributed by atoms with Gasteiger partial charge in [-0.15, -0.1) is 0 Å². The van der Waals surface area contributed by atoms with Crippen LogP contribution in [0, 0.1) is 0 Å². The molecule has 0 atom stereocenters. The van der Waals surface area contributed by atoms with Crippen LogP contribution in [0.2, 0.25) is 10.0 Å². The van der Waals surface area contributed by atoms with Gasteiger partial charge in [-0.3, -0.25) is 0 Å². The Hall–Kier alpha value is -1.30. The molecule has 2 aromatic rings. The third-order valence-corrected chi connectivity index (χ3v) is 3.48. The summed E-state index contributed by atoms with van der Waals surface area (Å²) >= 11 is 12.2. The molecule has 0 amide bonds. The summed E-state index contributed by atoms with van der Waals surface area (Å²) in [5, 5.41) is 5.22. The van der Waals surface area contributed by atoms with Gasteiger partial charge < -0.3 is 10.5 Å². The lowest BCUT2D eigenvalue weighted by Gasteiger charge is -2.14. The van der Waals surface area contributed by atoms with Crippen LogP contribution in [0.1, 0.15) is 31.3 Å². The number of rotatable bonds is 6. The average Bonchev–Trinajstić information content (AvgIpc) is 2.86. The summed E-state index contributed by atoms with van der Waals surface area (Å²) in [5.74, 6) is 1.35. The summed E-state index contributed by atoms with van der Waals surface area (Å²) in [6.07, 6.45) is 2.16. The molecule has 2 N–H and O–H groups in total. The standard InChI is InChI=1S/C14H18Cl2N4O/c1-9(2)20-13(18-8-19-20)7-21-14-10(3-4-17)5-11(15)6-12(14)16/h5-6,8-9H,3-4,7,17H2,1-2H3. The SMILES string of the molecule is CC(C)n1ncnc1COc1c(Cl)cc(Cl)cc1CCN. The first kappa shape index (κ1) is 16.1. The molecular weight excluding hydrogens is 311 g/mol. The van der Waals surface area contributed by atoms with E-state index in [1.54, 1.807) is 6.07 Å². The molecule has 2 rings (SSSR count). The fourth-order valence-electron chi connectivity index (χ4n) is 2.06. The van der Waals surface area contributed by atoms with E-state index in [1.165, 1.54) is 6.33 Å². The maximum absolute atomic E-state index is 6.22. The molecule has 5 nitrogen and oxygen atoms in total. The third kappa shape index (κ3) is 3.87. The zero-order valence-electron chi connectivity index (χ0n) is 12.0. The van der Waals surface area contributed by atoms with Gasteiger partial charge in [0.15, 0.2) is 5.82 Å². The first-order chi connectivity index (χ1) is 10.0. The van der Waals surface area contributed by atoms with Crippen LogP contribution in [0.5, 0.6) is 5.75 Å². The number of nitrogens with zero attached hydrogens (tertiary/aromatic N) is 3. The van der Waals surface area contributed by atoms with Crippen molar-refractivity contribution in [1.82, 2.24) is 14.8 Å². The Morgan fingerprint density at radius 1 is 1.33 bits per heavy atom. The van der Waals surface area contributed by atoms with Crippen molar-refractivity contribution in [3.63, 3.8) is 0 Å². The summed E-state index contributed by atoms with van der Waals surface area (Å²) in [7, 11) is 0. The minimum Gasteiger partial charge on any atom is -0.484 e. The van der Waals surface area contributed by atoms with Gasteiger partial charge in [-0.25, -0.2) is 9.67 Å². The predicted molar refractivity (Wildman–Crippen MR) is 84.0 cm³/mol. The second-order valence-electron chi connectivity index (χ2n) is 4.92. The first-order valence-corrected chi connectivity index (χ1v) is 7.47. The fraction of sp³-hybridized carbons (Fsp3) is 0.429. The Kier molecular flexibility index (Phi) is 5.45. The maximum Gasteiger partial charge on any atom is 0.165 e. The molecule has 0 spiro atoms. The third-order valence-electron chi connectivity index (χ3n) is 2.98. The van der Waals surface area contributed by atoms with Crippen LogP contribution in [0.25, 0.3) is 0 Å². The van der Waals surface area contributed by atoms with Gasteiger partial charge in [0.1, 0.15) is 18.7 Å². The van der Waals surface area contributed by atoms with Crippen LogP contribution in [0.3, 0.4) is 0 Å². The van der Waals surface area contributed by atoms with Crippen molar-refractivity contribution in [2.75, 3.05) is 6.54 Å². The molecule has 21 heavy (non-hydrogen) atoms. The quantitative estimate of drug-likeness (QED) is 0.883. The molecule has 7 heteroatoms. The number of benzene rings is 1. The average molecular weight is 329 g/mol. The van der Waals surface area contributed by atoms with Gasteiger partial charge in [0.25, 0.3) is 0 Å². The predicted octanol–water partition coefficient (Wildman–Crippen LogP) is 3.25. The maximum atomic E-state index is 6.22. The van der Waals surface area contributed by atoms with Crippen LogP contribution >= 0.6 is 23.2 Å². The topological polar surface area (TPSA) is 66.0 Å². The summed E-state index contributed by atoms with van der Waals surface area (Å²) in [6.45, 7) is 4.85. The number of ether oxygens (including phenoxy) is 1. The smallest absolute Gasteiger partial charge is 0.165 e. The number of halogens is 2. The van der Waals surface area contributed by atoms with Crippen molar-refractivity contribution in [1.29, 1.82) is 0 Å². The molecule has 1 aromatic carbocycles.